The van der Waals surface area contributed by atoms with Crippen LogP contribution in [-0.2, 0) is 0 Å². The second kappa shape index (κ2) is 7.80. The predicted octanol–water partition coefficient (Wildman–Crippen LogP) is 4.93. The van der Waals surface area contributed by atoms with Crippen molar-refractivity contribution in [3.63, 3.8) is 0 Å². The lowest BCUT2D eigenvalue weighted by Gasteiger charge is -2.09. The average Bonchev–Trinajstić information content (AvgIpc) is 2.64. The minimum absolute atomic E-state index is 0.0609. The van der Waals surface area contributed by atoms with Crippen LogP contribution in [0.2, 0.25) is 5.02 Å². The molecule has 0 aliphatic heterocycles. The lowest BCUT2D eigenvalue weighted by atomic mass is 10.1. The van der Waals surface area contributed by atoms with E-state index in [4.69, 9.17) is 11.6 Å². The number of rotatable bonds is 5. The fraction of sp³-hybridized carbons (Fsp3) is 0.0500. The van der Waals surface area contributed by atoms with Crippen molar-refractivity contribution in [3.8, 4) is 0 Å². The molecule has 130 valence electrons. The Morgan fingerprint density at radius 2 is 1.77 bits per heavy atom. The van der Waals surface area contributed by atoms with Crippen LogP contribution in [-0.4, -0.2) is 16.7 Å². The van der Waals surface area contributed by atoms with Gasteiger partial charge in [-0.05, 0) is 43.3 Å². The molecule has 0 aliphatic carbocycles. The highest BCUT2D eigenvalue weighted by Gasteiger charge is 2.09. The lowest BCUT2D eigenvalue weighted by Crippen LogP contribution is -2.14. The van der Waals surface area contributed by atoms with E-state index in [0.717, 1.165) is 5.69 Å². The minimum Gasteiger partial charge on any atom is -0.353 e. The first-order valence-electron chi connectivity index (χ1n) is 7.93. The zero-order valence-electron chi connectivity index (χ0n) is 14.0. The first-order chi connectivity index (χ1) is 12.5. The normalized spacial score (nSPS) is 10.2. The van der Waals surface area contributed by atoms with E-state index in [1.54, 1.807) is 48.7 Å². The van der Waals surface area contributed by atoms with Crippen LogP contribution in [0.4, 0.5) is 17.1 Å². The van der Waals surface area contributed by atoms with E-state index in [-0.39, 0.29) is 17.4 Å². The van der Waals surface area contributed by atoms with Crippen LogP contribution < -0.4 is 10.6 Å². The Bertz CT molecular complexity index is 955. The van der Waals surface area contributed by atoms with Crippen molar-refractivity contribution in [1.82, 2.24) is 4.98 Å². The molecule has 0 aliphatic rings. The van der Waals surface area contributed by atoms with Gasteiger partial charge in [0.2, 0.25) is 0 Å². The fourth-order valence-electron chi connectivity index (χ4n) is 2.33. The quantitative estimate of drug-likeness (QED) is 0.628. The monoisotopic (exact) mass is 365 g/mol. The Morgan fingerprint density at radius 1 is 0.962 bits per heavy atom. The first kappa shape index (κ1) is 17.6. The molecule has 1 heterocycles. The zero-order valence-corrected chi connectivity index (χ0v) is 14.7. The number of carbonyl (C=O) groups is 2. The molecule has 2 aromatic carbocycles. The largest absolute Gasteiger partial charge is 0.353 e. The molecule has 1 amide bonds. The Hall–Kier alpha value is -3.18. The number of benzene rings is 2. The van der Waals surface area contributed by atoms with E-state index in [1.165, 1.54) is 6.92 Å². The van der Waals surface area contributed by atoms with Crippen LogP contribution in [0.25, 0.3) is 0 Å². The molecule has 0 unspecified atom stereocenters. The van der Waals surface area contributed by atoms with Gasteiger partial charge in [-0.1, -0.05) is 35.9 Å². The maximum atomic E-state index is 12.3. The second-order valence-corrected chi connectivity index (χ2v) is 6.04. The second-order valence-electron chi connectivity index (χ2n) is 5.63. The van der Waals surface area contributed by atoms with Gasteiger partial charge in [-0.2, -0.15) is 0 Å². The Morgan fingerprint density at radius 3 is 2.46 bits per heavy atom. The number of hydrogen-bond acceptors (Lipinski definition) is 4. The van der Waals surface area contributed by atoms with Crippen molar-refractivity contribution in [2.45, 2.75) is 6.92 Å². The summed E-state index contributed by atoms with van der Waals surface area (Å²) >= 11 is 6.11. The van der Waals surface area contributed by atoms with Gasteiger partial charge >= 0.3 is 0 Å². The Kier molecular flexibility index (Phi) is 5.29. The molecule has 3 rings (SSSR count). The van der Waals surface area contributed by atoms with Gasteiger partial charge in [0.1, 0.15) is 5.69 Å². The van der Waals surface area contributed by atoms with E-state index in [0.29, 0.717) is 22.0 Å². The third-order valence-electron chi connectivity index (χ3n) is 3.68. The smallest absolute Gasteiger partial charge is 0.274 e. The van der Waals surface area contributed by atoms with Gasteiger partial charge in [0.15, 0.2) is 5.78 Å². The highest BCUT2D eigenvalue weighted by Crippen LogP contribution is 2.24. The van der Waals surface area contributed by atoms with Crippen LogP contribution in [0.15, 0.2) is 66.9 Å². The van der Waals surface area contributed by atoms with Crippen molar-refractivity contribution >= 4 is 40.4 Å². The number of ketones is 1. The van der Waals surface area contributed by atoms with Crippen molar-refractivity contribution in [3.05, 3.63) is 83.1 Å². The van der Waals surface area contributed by atoms with E-state index < -0.39 is 0 Å². The van der Waals surface area contributed by atoms with Crippen LogP contribution in [0.1, 0.15) is 27.8 Å². The first-order valence-corrected chi connectivity index (χ1v) is 8.31. The summed E-state index contributed by atoms with van der Waals surface area (Å²) in [5.74, 6) is -0.413. The maximum Gasteiger partial charge on any atom is 0.274 e. The van der Waals surface area contributed by atoms with Crippen molar-refractivity contribution in [1.29, 1.82) is 0 Å². The maximum absolute atomic E-state index is 12.3. The fourth-order valence-corrected chi connectivity index (χ4v) is 2.51. The summed E-state index contributed by atoms with van der Waals surface area (Å²) < 4.78 is 0. The van der Waals surface area contributed by atoms with Crippen molar-refractivity contribution < 1.29 is 9.59 Å². The number of aromatic nitrogens is 1. The SMILES string of the molecule is CC(=O)c1cccc(NC(=O)c2ccc(Nc3ccccc3Cl)cn2)c1. The van der Waals surface area contributed by atoms with E-state index in [9.17, 15) is 9.59 Å². The van der Waals surface area contributed by atoms with Gasteiger partial charge in [0.05, 0.1) is 22.6 Å². The molecular formula is C20H16ClN3O2. The molecule has 0 radical (unpaired) electrons. The van der Waals surface area contributed by atoms with Crippen LogP contribution in [0.5, 0.6) is 0 Å². The molecule has 5 nitrogen and oxygen atoms in total. The topological polar surface area (TPSA) is 71.1 Å². The highest BCUT2D eigenvalue weighted by atomic mass is 35.5. The number of anilines is 3. The number of amides is 1. The number of carbonyl (C=O) groups excluding carboxylic acids is 2. The number of pyridine rings is 1. The van der Waals surface area contributed by atoms with Gasteiger partial charge in [-0.25, -0.2) is 4.98 Å². The molecule has 0 saturated heterocycles. The summed E-state index contributed by atoms with van der Waals surface area (Å²) in [4.78, 5) is 27.9. The van der Waals surface area contributed by atoms with Crippen LogP contribution >= 0.6 is 11.6 Å². The molecule has 6 heteroatoms. The summed E-state index contributed by atoms with van der Waals surface area (Å²) in [6.45, 7) is 1.48. The molecule has 0 saturated carbocycles. The summed E-state index contributed by atoms with van der Waals surface area (Å²) in [7, 11) is 0. The van der Waals surface area contributed by atoms with Crippen molar-refractivity contribution in [2.24, 2.45) is 0 Å². The number of nitrogens with one attached hydrogen (secondary N) is 2. The number of hydrogen-bond donors (Lipinski definition) is 2. The molecule has 0 spiro atoms. The summed E-state index contributed by atoms with van der Waals surface area (Å²) in [6, 6.07) is 17.5. The third-order valence-corrected chi connectivity index (χ3v) is 4.01. The molecule has 3 aromatic rings. The van der Waals surface area contributed by atoms with Gasteiger partial charge in [0.25, 0.3) is 5.91 Å². The van der Waals surface area contributed by atoms with Crippen molar-refractivity contribution in [2.75, 3.05) is 10.6 Å². The summed E-state index contributed by atoms with van der Waals surface area (Å²) in [5, 5.41) is 6.48. The lowest BCUT2D eigenvalue weighted by molar-refractivity contribution is 0.100. The van der Waals surface area contributed by atoms with E-state index >= 15 is 0 Å². The number of halogens is 1. The molecule has 0 atom stereocenters. The zero-order chi connectivity index (χ0) is 18.5. The Balaban J connectivity index is 1.70. The van der Waals surface area contributed by atoms with Gasteiger partial charge in [-0.15, -0.1) is 0 Å². The molecule has 0 bridgehead atoms. The molecule has 2 N–H and O–H groups in total. The summed E-state index contributed by atoms with van der Waals surface area (Å²) in [5.41, 5.74) is 2.82. The van der Waals surface area contributed by atoms with Crippen LogP contribution in [0, 0.1) is 0 Å². The van der Waals surface area contributed by atoms with Gasteiger partial charge < -0.3 is 10.6 Å². The van der Waals surface area contributed by atoms with Crippen LogP contribution in [0.3, 0.4) is 0 Å². The number of para-hydroxylation sites is 1. The third kappa shape index (κ3) is 4.26. The highest BCUT2D eigenvalue weighted by molar-refractivity contribution is 6.33. The van der Waals surface area contributed by atoms with Gasteiger partial charge in [0, 0.05) is 11.3 Å². The van der Waals surface area contributed by atoms with E-state index in [1.807, 2.05) is 18.2 Å². The average molecular weight is 366 g/mol. The predicted molar refractivity (Wildman–Crippen MR) is 103 cm³/mol. The minimum atomic E-state index is -0.352. The standard InChI is InChI=1S/C20H16ClN3O2/c1-13(25)14-5-4-6-15(11-14)24-20(26)19-10-9-16(12-22-19)23-18-8-3-2-7-17(18)21/h2-12,23H,1H3,(H,24,26). The molecule has 26 heavy (non-hydrogen) atoms. The van der Waals surface area contributed by atoms with Gasteiger partial charge in [-0.3, -0.25) is 9.59 Å². The molecule has 0 fully saturated rings. The molecule has 1 aromatic heterocycles. The summed E-state index contributed by atoms with van der Waals surface area (Å²) in [6.07, 6.45) is 1.56. The Labute approximate surface area is 156 Å². The van der Waals surface area contributed by atoms with E-state index in [2.05, 4.69) is 15.6 Å². The molecular weight excluding hydrogens is 350 g/mol. The number of nitrogens with zero attached hydrogens (tertiary/aromatic N) is 1. The number of Topliss-reactive ketones (excluding diaryl/α,β-unsaturated/α-hetero) is 1.